The van der Waals surface area contributed by atoms with Crippen molar-refractivity contribution < 1.29 is 13.9 Å². The van der Waals surface area contributed by atoms with E-state index < -0.39 is 0 Å². The highest BCUT2D eigenvalue weighted by Crippen LogP contribution is 2.18. The SMILES string of the molecule is CC(C)c1ccc(OCC(=O)NCc2nnnn2-c2ccc(F)cc2)cc1. The van der Waals surface area contributed by atoms with Gasteiger partial charge in [-0.15, -0.1) is 5.10 Å². The van der Waals surface area contributed by atoms with Gasteiger partial charge in [0.1, 0.15) is 11.6 Å². The van der Waals surface area contributed by atoms with Crippen LogP contribution >= 0.6 is 0 Å². The number of tetrazole rings is 1. The molecular weight excluding hydrogens is 349 g/mol. The Kier molecular flexibility index (Phi) is 5.75. The van der Waals surface area contributed by atoms with E-state index in [-0.39, 0.29) is 24.9 Å². The fraction of sp³-hybridized carbons (Fsp3) is 0.263. The summed E-state index contributed by atoms with van der Waals surface area (Å²) in [5.41, 5.74) is 1.81. The summed E-state index contributed by atoms with van der Waals surface area (Å²) >= 11 is 0. The average Bonchev–Trinajstić information content (AvgIpc) is 3.14. The van der Waals surface area contributed by atoms with Crippen LogP contribution in [0, 0.1) is 5.82 Å². The van der Waals surface area contributed by atoms with Gasteiger partial charge in [0, 0.05) is 0 Å². The fourth-order valence-corrected chi connectivity index (χ4v) is 2.43. The van der Waals surface area contributed by atoms with Gasteiger partial charge in [0.15, 0.2) is 12.4 Å². The number of rotatable bonds is 7. The molecule has 2 aromatic carbocycles. The van der Waals surface area contributed by atoms with Gasteiger partial charge in [-0.3, -0.25) is 4.79 Å². The minimum Gasteiger partial charge on any atom is -0.484 e. The van der Waals surface area contributed by atoms with E-state index in [0.717, 1.165) is 0 Å². The number of halogens is 1. The zero-order valence-electron chi connectivity index (χ0n) is 15.1. The first-order chi connectivity index (χ1) is 13.0. The van der Waals surface area contributed by atoms with E-state index in [1.807, 2.05) is 24.3 Å². The molecule has 0 bridgehead atoms. The number of ether oxygens (including phenoxy) is 1. The zero-order valence-corrected chi connectivity index (χ0v) is 15.1. The van der Waals surface area contributed by atoms with E-state index in [9.17, 15) is 9.18 Å². The van der Waals surface area contributed by atoms with Crippen molar-refractivity contribution in [3.05, 3.63) is 65.7 Å². The molecule has 0 saturated heterocycles. The summed E-state index contributed by atoms with van der Waals surface area (Å²) in [5, 5.41) is 14.1. The number of nitrogens with one attached hydrogen (secondary N) is 1. The third-order valence-corrected chi connectivity index (χ3v) is 3.97. The first kappa shape index (κ1) is 18.5. The van der Waals surface area contributed by atoms with Gasteiger partial charge in [-0.25, -0.2) is 4.39 Å². The molecule has 1 heterocycles. The molecule has 0 atom stereocenters. The lowest BCUT2D eigenvalue weighted by Gasteiger charge is -2.09. The zero-order chi connectivity index (χ0) is 19.2. The van der Waals surface area contributed by atoms with Crippen molar-refractivity contribution in [3.63, 3.8) is 0 Å². The predicted molar refractivity (Wildman–Crippen MR) is 97.0 cm³/mol. The van der Waals surface area contributed by atoms with Gasteiger partial charge in [-0.05, 0) is 58.3 Å². The summed E-state index contributed by atoms with van der Waals surface area (Å²) in [6, 6.07) is 13.4. The number of benzene rings is 2. The lowest BCUT2D eigenvalue weighted by molar-refractivity contribution is -0.123. The largest absolute Gasteiger partial charge is 0.484 e. The summed E-state index contributed by atoms with van der Waals surface area (Å²) in [4.78, 5) is 12.0. The second-order valence-corrected chi connectivity index (χ2v) is 6.27. The van der Waals surface area contributed by atoms with Crippen LogP contribution in [-0.4, -0.2) is 32.7 Å². The standard InChI is InChI=1S/C19H20FN5O2/c1-13(2)14-3-9-17(10-4-14)27-12-19(26)21-11-18-22-23-24-25(18)16-7-5-15(20)6-8-16/h3-10,13H,11-12H2,1-2H3,(H,21,26). The van der Waals surface area contributed by atoms with Gasteiger partial charge in [0.2, 0.25) is 0 Å². The quantitative estimate of drug-likeness (QED) is 0.692. The first-order valence-electron chi connectivity index (χ1n) is 8.55. The number of hydrogen-bond donors (Lipinski definition) is 1. The Balaban J connectivity index is 1.52. The molecule has 1 N–H and O–H groups in total. The van der Waals surface area contributed by atoms with Gasteiger partial charge in [-0.2, -0.15) is 4.68 Å². The van der Waals surface area contributed by atoms with Crippen molar-refractivity contribution in [3.8, 4) is 11.4 Å². The van der Waals surface area contributed by atoms with Crippen molar-refractivity contribution in [1.82, 2.24) is 25.5 Å². The van der Waals surface area contributed by atoms with Gasteiger partial charge in [-0.1, -0.05) is 26.0 Å². The average molecular weight is 369 g/mol. The van der Waals surface area contributed by atoms with Crippen LogP contribution in [-0.2, 0) is 11.3 Å². The number of hydrogen-bond acceptors (Lipinski definition) is 5. The van der Waals surface area contributed by atoms with E-state index in [4.69, 9.17) is 4.74 Å². The van der Waals surface area contributed by atoms with E-state index >= 15 is 0 Å². The minimum absolute atomic E-state index is 0.112. The van der Waals surface area contributed by atoms with Crippen LogP contribution in [0.3, 0.4) is 0 Å². The smallest absolute Gasteiger partial charge is 0.258 e. The van der Waals surface area contributed by atoms with E-state index in [1.165, 1.54) is 22.4 Å². The van der Waals surface area contributed by atoms with E-state index in [0.29, 0.717) is 23.2 Å². The van der Waals surface area contributed by atoms with Crippen LogP contribution in [0.15, 0.2) is 48.5 Å². The molecule has 0 aliphatic rings. The molecule has 3 rings (SSSR count). The molecule has 0 aliphatic carbocycles. The molecule has 1 aromatic heterocycles. The Morgan fingerprint density at radius 2 is 1.85 bits per heavy atom. The van der Waals surface area contributed by atoms with Crippen LogP contribution in [0.1, 0.15) is 31.2 Å². The van der Waals surface area contributed by atoms with Gasteiger partial charge < -0.3 is 10.1 Å². The summed E-state index contributed by atoms with van der Waals surface area (Å²) in [5.74, 6) is 0.855. The highest BCUT2D eigenvalue weighted by molar-refractivity contribution is 5.77. The van der Waals surface area contributed by atoms with Crippen molar-refractivity contribution >= 4 is 5.91 Å². The van der Waals surface area contributed by atoms with Crippen LogP contribution < -0.4 is 10.1 Å². The molecule has 140 valence electrons. The molecule has 8 heteroatoms. The number of aromatic nitrogens is 4. The first-order valence-corrected chi connectivity index (χ1v) is 8.55. The van der Waals surface area contributed by atoms with Gasteiger partial charge in [0.05, 0.1) is 12.2 Å². The third-order valence-electron chi connectivity index (χ3n) is 3.97. The highest BCUT2D eigenvalue weighted by atomic mass is 19.1. The Morgan fingerprint density at radius 3 is 2.52 bits per heavy atom. The normalized spacial score (nSPS) is 10.8. The Bertz CT molecular complexity index is 891. The monoisotopic (exact) mass is 369 g/mol. The second kappa shape index (κ2) is 8.39. The van der Waals surface area contributed by atoms with Gasteiger partial charge in [0.25, 0.3) is 5.91 Å². The van der Waals surface area contributed by atoms with Crippen LogP contribution in [0.5, 0.6) is 5.75 Å². The van der Waals surface area contributed by atoms with Gasteiger partial charge >= 0.3 is 0 Å². The maximum absolute atomic E-state index is 13.0. The molecule has 1 amide bonds. The summed E-state index contributed by atoms with van der Waals surface area (Å²) in [7, 11) is 0. The molecule has 0 fully saturated rings. The number of carbonyl (C=O) groups is 1. The van der Waals surface area contributed by atoms with E-state index in [2.05, 4.69) is 34.7 Å². The predicted octanol–water partition coefficient (Wildman–Crippen LogP) is 2.62. The third kappa shape index (κ3) is 4.87. The molecule has 7 nitrogen and oxygen atoms in total. The lowest BCUT2D eigenvalue weighted by Crippen LogP contribution is -2.29. The minimum atomic E-state index is -0.347. The summed E-state index contributed by atoms with van der Waals surface area (Å²) < 4.78 is 20.0. The Labute approximate surface area is 156 Å². The van der Waals surface area contributed by atoms with Crippen molar-refractivity contribution in [1.29, 1.82) is 0 Å². The van der Waals surface area contributed by atoms with Crippen molar-refractivity contribution in [2.75, 3.05) is 6.61 Å². The molecular formula is C19H20FN5O2. The Morgan fingerprint density at radius 1 is 1.15 bits per heavy atom. The van der Waals surface area contributed by atoms with Crippen LogP contribution in [0.2, 0.25) is 0 Å². The second-order valence-electron chi connectivity index (χ2n) is 6.27. The molecule has 0 spiro atoms. The molecule has 0 aliphatic heterocycles. The summed E-state index contributed by atoms with van der Waals surface area (Å²) in [6.07, 6.45) is 0. The van der Waals surface area contributed by atoms with Crippen molar-refractivity contribution in [2.45, 2.75) is 26.3 Å². The molecule has 0 radical (unpaired) electrons. The summed E-state index contributed by atoms with van der Waals surface area (Å²) in [6.45, 7) is 4.24. The number of carbonyl (C=O) groups excluding carboxylic acids is 1. The highest BCUT2D eigenvalue weighted by Gasteiger charge is 2.10. The van der Waals surface area contributed by atoms with E-state index in [1.54, 1.807) is 12.1 Å². The maximum atomic E-state index is 13.0. The molecule has 3 aromatic rings. The number of amides is 1. The lowest BCUT2D eigenvalue weighted by atomic mass is 10.0. The van der Waals surface area contributed by atoms with Crippen LogP contribution in [0.4, 0.5) is 4.39 Å². The van der Waals surface area contributed by atoms with Crippen molar-refractivity contribution in [2.24, 2.45) is 0 Å². The number of nitrogens with zero attached hydrogens (tertiary/aromatic N) is 4. The van der Waals surface area contributed by atoms with Crippen LogP contribution in [0.25, 0.3) is 5.69 Å². The topological polar surface area (TPSA) is 81.9 Å². The fourth-order valence-electron chi connectivity index (χ4n) is 2.43. The molecule has 27 heavy (non-hydrogen) atoms. The molecule has 0 saturated carbocycles. The maximum Gasteiger partial charge on any atom is 0.258 e. The molecule has 0 unspecified atom stereocenters. The Hall–Kier alpha value is -3.29.